The Balaban J connectivity index is 1.33. The Morgan fingerprint density at radius 2 is 1.86 bits per heavy atom. The Labute approximate surface area is 180 Å². The van der Waals surface area contributed by atoms with Crippen LogP contribution in [0.2, 0.25) is 15.1 Å². The molecular formula is C18H15Cl3N4O2S. The van der Waals surface area contributed by atoms with Crippen LogP contribution in [0.1, 0.15) is 0 Å². The van der Waals surface area contributed by atoms with Crippen LogP contribution < -0.4 is 9.64 Å². The van der Waals surface area contributed by atoms with Gasteiger partial charge in [0.1, 0.15) is 16.1 Å². The molecule has 0 N–H and O–H groups in total. The Hall–Kier alpha value is -1.80. The van der Waals surface area contributed by atoms with E-state index in [1.54, 1.807) is 22.4 Å². The van der Waals surface area contributed by atoms with E-state index in [1.807, 2.05) is 12.1 Å². The fourth-order valence-electron chi connectivity index (χ4n) is 2.89. The largest absolute Gasteiger partial charge is 0.482 e. The molecule has 0 bridgehead atoms. The van der Waals surface area contributed by atoms with Crippen molar-refractivity contribution in [3.05, 3.63) is 45.5 Å². The van der Waals surface area contributed by atoms with Gasteiger partial charge >= 0.3 is 0 Å². The van der Waals surface area contributed by atoms with Crippen LogP contribution in [0, 0.1) is 0 Å². The molecule has 0 atom stereocenters. The Bertz CT molecular complexity index is 988. The summed E-state index contributed by atoms with van der Waals surface area (Å²) in [6.07, 6.45) is 1.76. The normalized spacial score (nSPS) is 14.5. The van der Waals surface area contributed by atoms with Gasteiger partial charge in [0.05, 0.1) is 15.1 Å². The summed E-state index contributed by atoms with van der Waals surface area (Å²) in [6.45, 7) is 2.50. The fourth-order valence-corrected chi connectivity index (χ4v) is 4.44. The minimum absolute atomic E-state index is 0.104. The van der Waals surface area contributed by atoms with E-state index in [2.05, 4.69) is 14.9 Å². The molecule has 1 saturated heterocycles. The van der Waals surface area contributed by atoms with E-state index in [0.29, 0.717) is 47.0 Å². The van der Waals surface area contributed by atoms with Crippen LogP contribution in [0.15, 0.2) is 30.5 Å². The van der Waals surface area contributed by atoms with E-state index in [1.165, 1.54) is 12.1 Å². The second-order valence-corrected chi connectivity index (χ2v) is 8.35. The molecule has 6 nitrogen and oxygen atoms in total. The summed E-state index contributed by atoms with van der Waals surface area (Å²) in [5.74, 6) is 0.234. The number of hydrogen-bond acceptors (Lipinski definition) is 6. The second kappa shape index (κ2) is 8.29. The minimum atomic E-state index is -0.108. The number of amides is 1. The number of ether oxygens (including phenoxy) is 1. The van der Waals surface area contributed by atoms with E-state index in [0.717, 1.165) is 15.5 Å². The Kier molecular flexibility index (Phi) is 5.78. The predicted molar refractivity (Wildman–Crippen MR) is 113 cm³/mol. The maximum atomic E-state index is 12.5. The molecule has 1 amide bonds. The smallest absolute Gasteiger partial charge is 0.260 e. The molecule has 0 saturated carbocycles. The number of thiazole rings is 1. The lowest BCUT2D eigenvalue weighted by Crippen LogP contribution is -2.50. The summed E-state index contributed by atoms with van der Waals surface area (Å²) < 4.78 is 5.54. The van der Waals surface area contributed by atoms with E-state index < -0.39 is 0 Å². The first-order valence-corrected chi connectivity index (χ1v) is 10.5. The zero-order chi connectivity index (χ0) is 19.7. The number of carbonyl (C=O) groups excluding carboxylic acids is 1. The highest BCUT2D eigenvalue weighted by molar-refractivity contribution is 7.21. The molecule has 0 radical (unpaired) electrons. The third-order valence-corrected chi connectivity index (χ3v) is 6.44. The summed E-state index contributed by atoms with van der Waals surface area (Å²) in [5, 5.41) is 1.91. The van der Waals surface area contributed by atoms with Crippen molar-refractivity contribution in [2.45, 2.75) is 0 Å². The van der Waals surface area contributed by atoms with Crippen LogP contribution in [0.5, 0.6) is 5.75 Å². The second-order valence-electron chi connectivity index (χ2n) is 6.18. The predicted octanol–water partition coefficient (Wildman–Crippen LogP) is 4.38. The van der Waals surface area contributed by atoms with Crippen molar-refractivity contribution in [1.29, 1.82) is 0 Å². The number of nitrogens with zero attached hydrogens (tertiary/aromatic N) is 4. The van der Waals surface area contributed by atoms with Gasteiger partial charge in [0.25, 0.3) is 5.91 Å². The fraction of sp³-hybridized carbons (Fsp3) is 0.278. The first-order chi connectivity index (χ1) is 13.5. The zero-order valence-corrected chi connectivity index (χ0v) is 17.7. The van der Waals surface area contributed by atoms with Crippen molar-refractivity contribution in [3.63, 3.8) is 0 Å². The van der Waals surface area contributed by atoms with Gasteiger partial charge in [-0.15, -0.1) is 0 Å². The number of anilines is 1. The molecule has 146 valence electrons. The lowest BCUT2D eigenvalue weighted by atomic mass is 10.3. The van der Waals surface area contributed by atoms with Gasteiger partial charge in [-0.1, -0.05) is 46.1 Å². The van der Waals surface area contributed by atoms with E-state index in [9.17, 15) is 4.79 Å². The molecule has 1 aliphatic heterocycles. The highest BCUT2D eigenvalue weighted by Crippen LogP contribution is 2.34. The zero-order valence-electron chi connectivity index (χ0n) is 14.6. The standard InChI is InChI=1S/C18H15Cl3N4O2S/c19-11-8-13(21)15(9-12(11)20)27-10-16(26)24-4-6-25(7-5-24)18-23-14-2-1-3-22-17(14)28-18/h1-3,8-9H,4-7,10H2. The van der Waals surface area contributed by atoms with Crippen LogP contribution in [-0.4, -0.2) is 53.6 Å². The molecule has 0 aliphatic carbocycles. The molecule has 1 aliphatic rings. The van der Waals surface area contributed by atoms with E-state index in [4.69, 9.17) is 39.5 Å². The van der Waals surface area contributed by atoms with Crippen LogP contribution in [-0.2, 0) is 4.79 Å². The van der Waals surface area contributed by atoms with Gasteiger partial charge < -0.3 is 14.5 Å². The average Bonchev–Trinajstić information content (AvgIpc) is 3.14. The number of fused-ring (bicyclic) bond motifs is 1. The number of rotatable bonds is 4. The number of carbonyl (C=O) groups is 1. The van der Waals surface area contributed by atoms with Crippen molar-refractivity contribution in [3.8, 4) is 5.75 Å². The number of piperazine rings is 1. The maximum absolute atomic E-state index is 12.5. The molecule has 0 unspecified atom stereocenters. The first kappa shape index (κ1) is 19.5. The number of pyridine rings is 1. The lowest BCUT2D eigenvalue weighted by molar-refractivity contribution is -0.133. The van der Waals surface area contributed by atoms with Crippen molar-refractivity contribution >= 4 is 67.5 Å². The topological polar surface area (TPSA) is 58.6 Å². The van der Waals surface area contributed by atoms with Gasteiger partial charge in [0.2, 0.25) is 0 Å². The van der Waals surface area contributed by atoms with Gasteiger partial charge in [-0.05, 0) is 18.2 Å². The number of halogens is 3. The molecule has 0 spiro atoms. The first-order valence-electron chi connectivity index (χ1n) is 8.53. The average molecular weight is 458 g/mol. The van der Waals surface area contributed by atoms with Crippen molar-refractivity contribution in [2.75, 3.05) is 37.7 Å². The molecular weight excluding hydrogens is 443 g/mol. The molecule has 1 aromatic carbocycles. The molecule has 28 heavy (non-hydrogen) atoms. The summed E-state index contributed by atoms with van der Waals surface area (Å²) in [6, 6.07) is 6.84. The van der Waals surface area contributed by atoms with Gasteiger partial charge in [0, 0.05) is 38.4 Å². The van der Waals surface area contributed by atoms with Crippen LogP contribution in [0.3, 0.4) is 0 Å². The highest BCUT2D eigenvalue weighted by atomic mass is 35.5. The van der Waals surface area contributed by atoms with Gasteiger partial charge in [-0.2, -0.15) is 0 Å². The van der Waals surface area contributed by atoms with Crippen molar-refractivity contribution < 1.29 is 9.53 Å². The molecule has 3 aromatic rings. The number of aromatic nitrogens is 2. The summed E-state index contributed by atoms with van der Waals surface area (Å²) in [4.78, 5) is 26.3. The van der Waals surface area contributed by atoms with E-state index >= 15 is 0 Å². The Morgan fingerprint density at radius 1 is 1.11 bits per heavy atom. The number of hydrogen-bond donors (Lipinski definition) is 0. The summed E-state index contributed by atoms with van der Waals surface area (Å²) >= 11 is 19.5. The quantitative estimate of drug-likeness (QED) is 0.544. The third kappa shape index (κ3) is 4.12. The summed E-state index contributed by atoms with van der Waals surface area (Å²) in [7, 11) is 0. The Morgan fingerprint density at radius 3 is 2.61 bits per heavy atom. The van der Waals surface area contributed by atoms with E-state index in [-0.39, 0.29) is 12.5 Å². The van der Waals surface area contributed by atoms with Crippen LogP contribution >= 0.6 is 46.1 Å². The maximum Gasteiger partial charge on any atom is 0.260 e. The molecule has 1 fully saturated rings. The lowest BCUT2D eigenvalue weighted by Gasteiger charge is -2.34. The van der Waals surface area contributed by atoms with Crippen LogP contribution in [0.25, 0.3) is 10.3 Å². The summed E-state index contributed by atoms with van der Waals surface area (Å²) in [5.41, 5.74) is 0.896. The number of benzene rings is 1. The monoisotopic (exact) mass is 456 g/mol. The third-order valence-electron chi connectivity index (χ3n) is 4.38. The van der Waals surface area contributed by atoms with Gasteiger partial charge in [-0.25, -0.2) is 9.97 Å². The molecule has 2 aromatic heterocycles. The molecule has 4 rings (SSSR count). The van der Waals surface area contributed by atoms with Crippen molar-refractivity contribution in [1.82, 2.24) is 14.9 Å². The van der Waals surface area contributed by atoms with Crippen LogP contribution in [0.4, 0.5) is 5.13 Å². The van der Waals surface area contributed by atoms with Gasteiger partial charge in [0.15, 0.2) is 11.7 Å². The minimum Gasteiger partial charge on any atom is -0.482 e. The highest BCUT2D eigenvalue weighted by Gasteiger charge is 2.23. The van der Waals surface area contributed by atoms with Crippen molar-refractivity contribution in [2.24, 2.45) is 0 Å². The molecule has 3 heterocycles. The SMILES string of the molecule is O=C(COc1cc(Cl)c(Cl)cc1Cl)N1CCN(c2nc3cccnc3s2)CC1. The molecule has 10 heteroatoms. The van der Waals surface area contributed by atoms with Gasteiger partial charge in [-0.3, -0.25) is 4.79 Å².